The second-order valence-electron chi connectivity index (χ2n) is 14.7. The average Bonchev–Trinajstić information content (AvgIpc) is 3.06. The number of benzene rings is 1. The average molecular weight is 659 g/mol. The van der Waals surface area contributed by atoms with Crippen LogP contribution in [0.15, 0.2) is 12.1 Å². The van der Waals surface area contributed by atoms with E-state index in [0.29, 0.717) is 11.7 Å². The van der Waals surface area contributed by atoms with E-state index in [1.807, 2.05) is 0 Å². The molecule has 0 saturated heterocycles. The Morgan fingerprint density at radius 3 is 1.20 bits per heavy atom. The van der Waals surface area contributed by atoms with Crippen LogP contribution in [0.1, 0.15) is 237 Å². The van der Waals surface area contributed by atoms with E-state index in [-0.39, 0.29) is 0 Å². The zero-order valence-corrected chi connectivity index (χ0v) is 32.7. The number of aryl methyl sites for hydroxylation is 2. The van der Waals surface area contributed by atoms with Gasteiger partial charge in [-0.15, -0.1) is 0 Å². The van der Waals surface area contributed by atoms with Gasteiger partial charge < -0.3 is 5.11 Å². The van der Waals surface area contributed by atoms with Crippen LogP contribution in [0, 0.1) is 0 Å². The SMILES string of the molecule is CCCCCCCCCCCCc1cc(C(CCCCCCCC)CSCCCC)cc(CCCCCCCCCCCC)c1O. The minimum atomic E-state index is 0.631. The summed E-state index contributed by atoms with van der Waals surface area (Å²) in [5.74, 6) is 3.81. The number of thioether (sulfide) groups is 1. The normalized spacial score (nSPS) is 12.3. The fourth-order valence-electron chi connectivity index (χ4n) is 7.00. The van der Waals surface area contributed by atoms with Crippen LogP contribution in [0.2, 0.25) is 0 Å². The lowest BCUT2D eigenvalue weighted by atomic mass is 9.88. The van der Waals surface area contributed by atoms with E-state index < -0.39 is 0 Å². The van der Waals surface area contributed by atoms with Gasteiger partial charge in [-0.3, -0.25) is 0 Å². The highest BCUT2D eigenvalue weighted by Crippen LogP contribution is 2.35. The minimum absolute atomic E-state index is 0.631. The quantitative estimate of drug-likeness (QED) is 0.0732. The lowest BCUT2D eigenvalue weighted by Gasteiger charge is -2.21. The van der Waals surface area contributed by atoms with Crippen LogP contribution >= 0.6 is 11.8 Å². The molecule has 1 aromatic rings. The molecule has 46 heavy (non-hydrogen) atoms. The molecule has 270 valence electrons. The number of hydrogen-bond donors (Lipinski definition) is 1. The summed E-state index contributed by atoms with van der Waals surface area (Å²) in [5, 5.41) is 11.5. The lowest BCUT2D eigenvalue weighted by Crippen LogP contribution is -2.06. The Labute approximate surface area is 294 Å². The van der Waals surface area contributed by atoms with Gasteiger partial charge >= 0.3 is 0 Å². The fourth-order valence-corrected chi connectivity index (χ4v) is 8.30. The Balaban J connectivity index is 2.80. The van der Waals surface area contributed by atoms with E-state index in [9.17, 15) is 5.11 Å². The van der Waals surface area contributed by atoms with Crippen molar-refractivity contribution in [2.75, 3.05) is 11.5 Å². The van der Waals surface area contributed by atoms with Gasteiger partial charge in [0.1, 0.15) is 5.75 Å². The van der Waals surface area contributed by atoms with Gasteiger partial charge in [0, 0.05) is 5.75 Å². The second kappa shape index (κ2) is 32.9. The zero-order valence-electron chi connectivity index (χ0n) is 31.9. The molecule has 2 heteroatoms. The van der Waals surface area contributed by atoms with Crippen molar-refractivity contribution < 1.29 is 5.11 Å². The van der Waals surface area contributed by atoms with Gasteiger partial charge in [0.05, 0.1) is 0 Å². The Hall–Kier alpha value is -0.630. The summed E-state index contributed by atoms with van der Waals surface area (Å²) < 4.78 is 0. The summed E-state index contributed by atoms with van der Waals surface area (Å²) in [6.45, 7) is 9.23. The van der Waals surface area contributed by atoms with Crippen molar-refractivity contribution in [2.24, 2.45) is 0 Å². The molecule has 0 spiro atoms. The molecule has 0 heterocycles. The van der Waals surface area contributed by atoms with E-state index in [2.05, 4.69) is 51.6 Å². The van der Waals surface area contributed by atoms with Crippen LogP contribution in [0.25, 0.3) is 0 Å². The largest absolute Gasteiger partial charge is 0.507 e. The first-order valence-electron chi connectivity index (χ1n) is 21.1. The number of phenols is 1. The molecular formula is C44H82OS. The van der Waals surface area contributed by atoms with Gasteiger partial charge in [-0.05, 0) is 66.9 Å². The second-order valence-corrected chi connectivity index (χ2v) is 15.9. The summed E-state index contributed by atoms with van der Waals surface area (Å²) in [5.41, 5.74) is 4.05. The predicted molar refractivity (Wildman–Crippen MR) is 212 cm³/mol. The molecule has 0 aliphatic rings. The number of phenolic OH excluding ortho intramolecular Hbond substituents is 1. The Kier molecular flexibility index (Phi) is 31.0. The monoisotopic (exact) mass is 659 g/mol. The highest BCUT2D eigenvalue weighted by molar-refractivity contribution is 7.99. The molecule has 0 radical (unpaired) electrons. The smallest absolute Gasteiger partial charge is 0.121 e. The van der Waals surface area contributed by atoms with Gasteiger partial charge in [0.2, 0.25) is 0 Å². The summed E-state index contributed by atoms with van der Waals surface area (Å²) in [4.78, 5) is 0. The highest BCUT2D eigenvalue weighted by Gasteiger charge is 2.17. The van der Waals surface area contributed by atoms with Crippen molar-refractivity contribution >= 4 is 11.8 Å². The first-order chi connectivity index (χ1) is 22.7. The standard InChI is InChI=1S/C44H82OS/c1-5-9-13-16-19-21-23-25-28-30-33-40-37-43(42(39-46-36-12-8-4)35-32-27-18-15-11-7-3)38-41(44(40)45)34-31-29-26-24-22-20-17-14-10-6-2/h37-38,42,45H,5-36,39H2,1-4H3. The first kappa shape index (κ1) is 43.4. The fraction of sp³-hybridized carbons (Fsp3) is 0.864. The third-order valence-corrected chi connectivity index (χ3v) is 11.4. The molecule has 1 N–H and O–H groups in total. The zero-order chi connectivity index (χ0) is 33.3. The van der Waals surface area contributed by atoms with Crippen LogP contribution in [-0.2, 0) is 12.8 Å². The molecule has 1 rings (SSSR count). The van der Waals surface area contributed by atoms with Crippen LogP contribution in [0.4, 0.5) is 0 Å². The van der Waals surface area contributed by atoms with Gasteiger partial charge in [-0.2, -0.15) is 11.8 Å². The molecule has 1 atom stereocenters. The maximum absolute atomic E-state index is 11.5. The third-order valence-electron chi connectivity index (χ3n) is 10.2. The summed E-state index contributed by atoms with van der Waals surface area (Å²) in [6.07, 6.45) is 41.6. The Morgan fingerprint density at radius 2 is 0.804 bits per heavy atom. The van der Waals surface area contributed by atoms with E-state index in [0.717, 1.165) is 12.8 Å². The van der Waals surface area contributed by atoms with Crippen molar-refractivity contribution in [3.8, 4) is 5.75 Å². The Bertz CT molecular complexity index is 728. The number of aromatic hydroxyl groups is 1. The van der Waals surface area contributed by atoms with E-state index in [4.69, 9.17) is 0 Å². The van der Waals surface area contributed by atoms with E-state index in [1.165, 1.54) is 209 Å². The van der Waals surface area contributed by atoms with Crippen LogP contribution in [0.5, 0.6) is 5.75 Å². The van der Waals surface area contributed by atoms with Crippen molar-refractivity contribution in [1.82, 2.24) is 0 Å². The number of rotatable bonds is 35. The topological polar surface area (TPSA) is 20.2 Å². The predicted octanol–water partition coefficient (Wildman–Crippen LogP) is 15.7. The molecule has 0 aliphatic heterocycles. The molecule has 0 amide bonds. The van der Waals surface area contributed by atoms with E-state index in [1.54, 1.807) is 5.56 Å². The molecule has 1 nitrogen and oxygen atoms in total. The molecule has 1 aromatic carbocycles. The van der Waals surface area contributed by atoms with Crippen molar-refractivity contribution in [3.05, 3.63) is 28.8 Å². The molecule has 1 unspecified atom stereocenters. The van der Waals surface area contributed by atoms with Crippen molar-refractivity contribution in [1.29, 1.82) is 0 Å². The third kappa shape index (κ3) is 23.7. The molecule has 0 aliphatic carbocycles. The van der Waals surface area contributed by atoms with Crippen LogP contribution < -0.4 is 0 Å². The number of unbranched alkanes of at least 4 members (excludes halogenated alkanes) is 24. The van der Waals surface area contributed by atoms with Gasteiger partial charge in [0.25, 0.3) is 0 Å². The van der Waals surface area contributed by atoms with Crippen LogP contribution in [0.3, 0.4) is 0 Å². The van der Waals surface area contributed by atoms with Crippen molar-refractivity contribution in [2.45, 2.75) is 233 Å². The lowest BCUT2D eigenvalue weighted by molar-refractivity contribution is 0.455. The summed E-state index contributed by atoms with van der Waals surface area (Å²) >= 11 is 2.18. The Morgan fingerprint density at radius 1 is 0.457 bits per heavy atom. The minimum Gasteiger partial charge on any atom is -0.507 e. The summed E-state index contributed by atoms with van der Waals surface area (Å²) in [6, 6.07) is 4.90. The van der Waals surface area contributed by atoms with Gasteiger partial charge in [-0.25, -0.2) is 0 Å². The molecule has 0 bridgehead atoms. The molecular weight excluding hydrogens is 577 g/mol. The van der Waals surface area contributed by atoms with Gasteiger partial charge in [0.15, 0.2) is 0 Å². The maximum Gasteiger partial charge on any atom is 0.121 e. The molecule has 0 saturated carbocycles. The maximum atomic E-state index is 11.5. The molecule has 0 fully saturated rings. The van der Waals surface area contributed by atoms with Crippen molar-refractivity contribution in [3.63, 3.8) is 0 Å². The summed E-state index contributed by atoms with van der Waals surface area (Å²) in [7, 11) is 0. The number of hydrogen-bond acceptors (Lipinski definition) is 2. The highest BCUT2D eigenvalue weighted by atomic mass is 32.2. The van der Waals surface area contributed by atoms with E-state index >= 15 is 0 Å². The molecule has 0 aromatic heterocycles. The first-order valence-corrected chi connectivity index (χ1v) is 22.3. The van der Waals surface area contributed by atoms with Crippen LogP contribution in [-0.4, -0.2) is 16.6 Å². The van der Waals surface area contributed by atoms with Gasteiger partial charge in [-0.1, -0.05) is 200 Å².